The lowest BCUT2D eigenvalue weighted by molar-refractivity contribution is 0.590. The molecule has 3 aromatic heterocycles. The van der Waals surface area contributed by atoms with E-state index in [1.165, 1.54) is 120 Å². The second-order valence-electron chi connectivity index (χ2n) is 29.4. The minimum Gasteiger partial charge on any atom is -0.456 e. The molecule has 0 saturated carbocycles. The Bertz CT molecular complexity index is 4940. The highest BCUT2D eigenvalue weighted by molar-refractivity contribution is 7.25. The standard InChI is InChI=1S/C79H72BN3OS/c1-75(2,3)45-23-30-49(31-24-45)81(50-32-25-46(26-33-50)76(4,5)6)52-36-38-67-56(40-52)57-42-63-59(43-68(57)85-67)70-69-54-20-15-17-21-60(54)79(13,14)72(69)71-58-39-48(78(10,11)12)29-37-62(58)82-64-41-55-53-19-16-18-22-65(53)84-66(55)44-61(64)80(73(70)74(71)82)83(63)51-34-27-47(28-35-51)77(7,8)9/h15-44H,1-14H3. The van der Waals surface area contributed by atoms with Gasteiger partial charge in [0, 0.05) is 86.8 Å². The van der Waals surface area contributed by atoms with Gasteiger partial charge in [0.05, 0.1) is 11.0 Å². The number of aromatic nitrogens is 1. The van der Waals surface area contributed by atoms with Gasteiger partial charge in [-0.15, -0.1) is 11.3 Å². The van der Waals surface area contributed by atoms with Crippen molar-refractivity contribution in [2.45, 2.75) is 124 Å². The number of furan rings is 1. The zero-order chi connectivity index (χ0) is 58.8. The SMILES string of the molecule is CC(C)(C)c1ccc(N2B3c4cc5oc6ccccc6c5cc4-n4c5ccc(C(C)(C)C)cc5c5c6c(c(c3c54)-c3cc4sc5ccc(N(c7ccc(C(C)(C)C)cc7)c7ccc(C(C)(C)C)cc7)cc5c4cc32)-c2ccccc2C6(C)C)cc1. The summed E-state index contributed by atoms with van der Waals surface area (Å²) in [6.07, 6.45) is 0. The van der Waals surface area contributed by atoms with Crippen LogP contribution in [0.1, 0.15) is 130 Å². The molecule has 1 aliphatic carbocycles. The molecule has 6 heteroatoms. The topological polar surface area (TPSA) is 24.6 Å². The van der Waals surface area contributed by atoms with Crippen LogP contribution < -0.4 is 20.6 Å². The van der Waals surface area contributed by atoms with Gasteiger partial charge in [0.1, 0.15) is 11.2 Å². The van der Waals surface area contributed by atoms with Gasteiger partial charge in [-0.3, -0.25) is 0 Å². The highest BCUT2D eigenvalue weighted by Gasteiger charge is 2.50. The molecule has 0 saturated heterocycles. The molecule has 0 amide bonds. The quantitative estimate of drug-likeness (QED) is 0.164. The van der Waals surface area contributed by atoms with Gasteiger partial charge in [0.2, 0.25) is 0 Å². The van der Waals surface area contributed by atoms with Crippen molar-refractivity contribution < 1.29 is 4.42 Å². The second-order valence-corrected chi connectivity index (χ2v) is 30.5. The minimum atomic E-state index is -0.303. The molecule has 16 rings (SSSR count). The molecule has 2 aliphatic heterocycles. The highest BCUT2D eigenvalue weighted by Crippen LogP contribution is 2.60. The van der Waals surface area contributed by atoms with Crippen molar-refractivity contribution in [1.29, 1.82) is 0 Å². The Kier molecular flexibility index (Phi) is 10.7. The van der Waals surface area contributed by atoms with E-state index in [-0.39, 0.29) is 33.9 Å². The van der Waals surface area contributed by atoms with E-state index in [2.05, 4.69) is 293 Å². The summed E-state index contributed by atoms with van der Waals surface area (Å²) in [5.74, 6) is 0. The molecular weight excluding hydrogens is 1050 g/mol. The molecule has 13 aromatic rings. The smallest absolute Gasteiger partial charge is 0.333 e. The number of thiophene rings is 1. The number of hydrogen-bond donors (Lipinski definition) is 0. The number of benzene rings is 10. The molecule has 85 heavy (non-hydrogen) atoms. The number of nitrogens with zero attached hydrogens (tertiary/aromatic N) is 3. The number of para-hydroxylation sites is 1. The fourth-order valence-electron chi connectivity index (χ4n) is 15.0. The monoisotopic (exact) mass is 1120 g/mol. The predicted octanol–water partition coefficient (Wildman–Crippen LogP) is 21.3. The predicted molar refractivity (Wildman–Crippen MR) is 367 cm³/mol. The van der Waals surface area contributed by atoms with E-state index in [1.54, 1.807) is 0 Å². The Morgan fingerprint density at radius 1 is 0.459 bits per heavy atom. The second kappa shape index (κ2) is 17.4. The summed E-state index contributed by atoms with van der Waals surface area (Å²) in [5.41, 5.74) is 27.1. The molecule has 0 fully saturated rings. The highest BCUT2D eigenvalue weighted by atomic mass is 32.1. The molecule has 0 radical (unpaired) electrons. The molecule has 0 spiro atoms. The van der Waals surface area contributed by atoms with Crippen molar-refractivity contribution in [2.24, 2.45) is 0 Å². The third-order valence-corrected chi connectivity index (χ3v) is 20.7. The van der Waals surface area contributed by atoms with Crippen LogP contribution in [0, 0.1) is 0 Å². The largest absolute Gasteiger partial charge is 0.456 e. The van der Waals surface area contributed by atoms with Gasteiger partial charge in [-0.2, -0.15) is 0 Å². The van der Waals surface area contributed by atoms with Gasteiger partial charge in [0.15, 0.2) is 0 Å². The normalized spacial score (nSPS) is 14.5. The molecule has 0 unspecified atom stereocenters. The summed E-state index contributed by atoms with van der Waals surface area (Å²) in [5, 5.41) is 7.48. The summed E-state index contributed by atoms with van der Waals surface area (Å²) in [4.78, 5) is 5.18. The maximum Gasteiger partial charge on any atom is 0.333 e. The van der Waals surface area contributed by atoms with Gasteiger partial charge >= 0.3 is 6.85 Å². The van der Waals surface area contributed by atoms with Crippen LogP contribution in [0.15, 0.2) is 186 Å². The summed E-state index contributed by atoms with van der Waals surface area (Å²) >= 11 is 1.92. The molecular formula is C79H72BN3OS. The van der Waals surface area contributed by atoms with Crippen molar-refractivity contribution in [2.75, 3.05) is 9.71 Å². The number of fused-ring (bicyclic) bond motifs is 19. The summed E-state index contributed by atoms with van der Waals surface area (Å²) < 4.78 is 12.2. The summed E-state index contributed by atoms with van der Waals surface area (Å²) in [7, 11) is 0. The van der Waals surface area contributed by atoms with Crippen LogP contribution in [0.5, 0.6) is 0 Å². The first-order valence-corrected chi connectivity index (χ1v) is 31.4. The van der Waals surface area contributed by atoms with Gasteiger partial charge in [-0.05, 0) is 180 Å². The minimum absolute atomic E-state index is 0.0222. The van der Waals surface area contributed by atoms with Crippen LogP contribution in [-0.4, -0.2) is 11.4 Å². The zero-order valence-electron chi connectivity index (χ0n) is 51.6. The van der Waals surface area contributed by atoms with Crippen molar-refractivity contribution >= 4 is 121 Å². The van der Waals surface area contributed by atoms with E-state index < -0.39 is 0 Å². The lowest BCUT2D eigenvalue weighted by atomic mass is 9.43. The summed E-state index contributed by atoms with van der Waals surface area (Å²) in [6, 6.07) is 70.5. The van der Waals surface area contributed by atoms with E-state index in [9.17, 15) is 0 Å². The Hall–Kier alpha value is -8.32. The number of hydrogen-bond acceptors (Lipinski definition) is 4. The lowest BCUT2D eigenvalue weighted by Crippen LogP contribution is -2.60. The third kappa shape index (κ3) is 7.52. The van der Waals surface area contributed by atoms with E-state index in [1.807, 2.05) is 11.3 Å². The fraction of sp³-hybridized carbons (Fsp3) is 0.241. The number of rotatable bonds is 4. The van der Waals surface area contributed by atoms with E-state index in [0.717, 1.165) is 44.7 Å². The van der Waals surface area contributed by atoms with Crippen LogP contribution in [0.2, 0.25) is 0 Å². The Morgan fingerprint density at radius 3 is 1.69 bits per heavy atom. The van der Waals surface area contributed by atoms with Crippen molar-refractivity contribution in [3.8, 4) is 27.9 Å². The Labute approximate surface area is 504 Å². The summed E-state index contributed by atoms with van der Waals surface area (Å²) in [6.45, 7) is 32.5. The maximum absolute atomic E-state index is 6.95. The van der Waals surface area contributed by atoms with Crippen LogP contribution >= 0.6 is 11.3 Å². The zero-order valence-corrected chi connectivity index (χ0v) is 52.4. The molecule has 10 aromatic carbocycles. The van der Waals surface area contributed by atoms with E-state index in [0.29, 0.717) is 0 Å². The molecule has 0 bridgehead atoms. The first-order valence-electron chi connectivity index (χ1n) is 30.6. The Balaban J connectivity index is 1.04. The van der Waals surface area contributed by atoms with Crippen LogP contribution in [0.3, 0.4) is 0 Å². The molecule has 5 heterocycles. The van der Waals surface area contributed by atoms with Crippen molar-refractivity contribution in [3.63, 3.8) is 0 Å². The van der Waals surface area contributed by atoms with Crippen molar-refractivity contribution in [3.05, 3.63) is 215 Å². The van der Waals surface area contributed by atoms with Gasteiger partial charge in [-0.25, -0.2) is 0 Å². The molecule has 418 valence electrons. The first-order chi connectivity index (χ1) is 40.4. The van der Waals surface area contributed by atoms with Crippen LogP contribution in [0.25, 0.3) is 91.9 Å². The average Bonchev–Trinajstić information content (AvgIpc) is 1.55. The molecule has 0 N–H and O–H groups in total. The number of anilines is 5. The van der Waals surface area contributed by atoms with E-state index in [4.69, 9.17) is 4.42 Å². The maximum atomic E-state index is 6.95. The Morgan fingerprint density at radius 2 is 1.04 bits per heavy atom. The van der Waals surface area contributed by atoms with Gasteiger partial charge < -0.3 is 18.7 Å². The molecule has 3 aliphatic rings. The van der Waals surface area contributed by atoms with E-state index >= 15 is 0 Å². The van der Waals surface area contributed by atoms with Gasteiger partial charge in [0.25, 0.3) is 0 Å². The third-order valence-electron chi connectivity index (χ3n) is 19.5. The first kappa shape index (κ1) is 52.3. The van der Waals surface area contributed by atoms with Gasteiger partial charge in [-0.1, -0.05) is 182 Å². The fourth-order valence-corrected chi connectivity index (χ4v) is 16.1. The van der Waals surface area contributed by atoms with Crippen LogP contribution in [-0.2, 0) is 27.1 Å². The molecule has 0 atom stereocenters. The van der Waals surface area contributed by atoms with Crippen LogP contribution in [0.4, 0.5) is 28.4 Å². The average molecular weight is 1120 g/mol. The van der Waals surface area contributed by atoms with Crippen molar-refractivity contribution in [1.82, 2.24) is 4.57 Å². The lowest BCUT2D eigenvalue weighted by Gasteiger charge is -2.43. The molecule has 4 nitrogen and oxygen atoms in total.